The van der Waals surface area contributed by atoms with Gasteiger partial charge >= 0.3 is 0 Å². The third-order valence-electron chi connectivity index (χ3n) is 3.48. The minimum Gasteiger partial charge on any atom is -0.489 e. The molecule has 18 heavy (non-hydrogen) atoms. The fourth-order valence-corrected chi connectivity index (χ4v) is 3.02. The Labute approximate surface area is 116 Å². The number of rotatable bonds is 4. The maximum atomic E-state index is 13.8. The molecule has 0 amide bonds. The average Bonchev–Trinajstić information content (AvgIpc) is 2.38. The molecule has 2 rings (SSSR count). The van der Waals surface area contributed by atoms with Gasteiger partial charge in [0.15, 0.2) is 11.6 Å². The molecule has 0 radical (unpaired) electrons. The van der Waals surface area contributed by atoms with E-state index in [0.29, 0.717) is 29.3 Å². The molecule has 1 aromatic carbocycles. The first kappa shape index (κ1) is 13.8. The summed E-state index contributed by atoms with van der Waals surface area (Å²) in [6, 6.07) is 3.26. The van der Waals surface area contributed by atoms with Crippen molar-refractivity contribution < 1.29 is 9.13 Å². The summed E-state index contributed by atoms with van der Waals surface area (Å²) >= 11 is 3.34. The summed E-state index contributed by atoms with van der Waals surface area (Å²) in [6.45, 7) is 0.940. The van der Waals surface area contributed by atoms with Crippen molar-refractivity contribution in [3.05, 3.63) is 28.0 Å². The third kappa shape index (κ3) is 3.45. The van der Waals surface area contributed by atoms with Crippen molar-refractivity contribution >= 4 is 15.9 Å². The van der Waals surface area contributed by atoms with E-state index >= 15 is 0 Å². The topological polar surface area (TPSA) is 35.2 Å². The summed E-state index contributed by atoms with van der Waals surface area (Å²) in [4.78, 5) is 0. The Bertz CT molecular complexity index is 382. The average molecular weight is 316 g/mol. The van der Waals surface area contributed by atoms with Gasteiger partial charge in [0, 0.05) is 6.54 Å². The quantitative estimate of drug-likeness (QED) is 0.911. The van der Waals surface area contributed by atoms with E-state index in [0.717, 1.165) is 5.56 Å². The van der Waals surface area contributed by atoms with Crippen molar-refractivity contribution in [3.63, 3.8) is 0 Å². The Morgan fingerprint density at radius 1 is 1.28 bits per heavy atom. The van der Waals surface area contributed by atoms with Crippen LogP contribution in [0.3, 0.4) is 0 Å². The standard InChI is InChI=1S/C14H19BrFNO/c15-12-6-11(8-17)7-13(16)14(12)18-9-10-4-2-1-3-5-10/h6-7,10H,1-5,8-9,17H2. The Balaban J connectivity index is 2.00. The van der Waals surface area contributed by atoms with E-state index in [4.69, 9.17) is 10.5 Å². The van der Waals surface area contributed by atoms with Crippen LogP contribution in [0.15, 0.2) is 16.6 Å². The molecular formula is C14H19BrFNO. The molecule has 1 fully saturated rings. The van der Waals surface area contributed by atoms with Crippen LogP contribution in [0.2, 0.25) is 0 Å². The Morgan fingerprint density at radius 3 is 2.61 bits per heavy atom. The maximum absolute atomic E-state index is 13.8. The second-order valence-electron chi connectivity index (χ2n) is 4.91. The van der Waals surface area contributed by atoms with Crippen molar-refractivity contribution in [1.82, 2.24) is 0 Å². The SMILES string of the molecule is NCc1cc(F)c(OCC2CCCCC2)c(Br)c1. The van der Waals surface area contributed by atoms with E-state index in [2.05, 4.69) is 15.9 Å². The van der Waals surface area contributed by atoms with Crippen molar-refractivity contribution in [2.75, 3.05) is 6.61 Å². The first-order chi connectivity index (χ1) is 8.70. The van der Waals surface area contributed by atoms with Crippen LogP contribution in [0.25, 0.3) is 0 Å². The Morgan fingerprint density at radius 2 is 2.00 bits per heavy atom. The number of ether oxygens (including phenoxy) is 1. The van der Waals surface area contributed by atoms with Gasteiger partial charge in [-0.2, -0.15) is 0 Å². The van der Waals surface area contributed by atoms with Gasteiger partial charge in [0.1, 0.15) is 0 Å². The van der Waals surface area contributed by atoms with Gasteiger partial charge in [-0.15, -0.1) is 0 Å². The zero-order valence-electron chi connectivity index (χ0n) is 10.4. The molecule has 0 bridgehead atoms. The van der Waals surface area contributed by atoms with Crippen LogP contribution in [0.5, 0.6) is 5.75 Å². The second kappa shape index (κ2) is 6.53. The summed E-state index contributed by atoms with van der Waals surface area (Å²) < 4.78 is 20.1. The zero-order chi connectivity index (χ0) is 13.0. The van der Waals surface area contributed by atoms with Gasteiger partial charge in [0.2, 0.25) is 0 Å². The Hall–Kier alpha value is -0.610. The number of hydrogen-bond acceptors (Lipinski definition) is 2. The van der Waals surface area contributed by atoms with Gasteiger partial charge < -0.3 is 10.5 Å². The molecule has 2 nitrogen and oxygen atoms in total. The summed E-state index contributed by atoms with van der Waals surface area (Å²) in [6.07, 6.45) is 6.24. The summed E-state index contributed by atoms with van der Waals surface area (Å²) in [7, 11) is 0. The second-order valence-corrected chi connectivity index (χ2v) is 5.76. The highest BCUT2D eigenvalue weighted by Crippen LogP contribution is 2.31. The molecule has 0 heterocycles. The van der Waals surface area contributed by atoms with E-state index in [1.54, 1.807) is 0 Å². The van der Waals surface area contributed by atoms with E-state index in [1.807, 2.05) is 6.07 Å². The van der Waals surface area contributed by atoms with Crippen LogP contribution in [-0.2, 0) is 6.54 Å². The predicted octanol–water partition coefficient (Wildman–Crippen LogP) is 4.01. The van der Waals surface area contributed by atoms with Gasteiger partial charge in [-0.1, -0.05) is 19.3 Å². The highest BCUT2D eigenvalue weighted by Gasteiger charge is 2.16. The summed E-state index contributed by atoms with van der Waals surface area (Å²) in [5.41, 5.74) is 6.27. The lowest BCUT2D eigenvalue weighted by Gasteiger charge is -2.22. The number of halogens is 2. The van der Waals surface area contributed by atoms with Crippen LogP contribution in [0.4, 0.5) is 4.39 Å². The predicted molar refractivity (Wildman–Crippen MR) is 74.1 cm³/mol. The molecular weight excluding hydrogens is 297 g/mol. The molecule has 1 aromatic rings. The third-order valence-corrected chi connectivity index (χ3v) is 4.07. The number of benzene rings is 1. The highest BCUT2D eigenvalue weighted by atomic mass is 79.9. The largest absolute Gasteiger partial charge is 0.489 e. The molecule has 1 aliphatic rings. The zero-order valence-corrected chi connectivity index (χ0v) is 12.0. The molecule has 100 valence electrons. The van der Waals surface area contributed by atoms with Gasteiger partial charge in [0.25, 0.3) is 0 Å². The van der Waals surface area contributed by atoms with E-state index < -0.39 is 0 Å². The molecule has 0 spiro atoms. The van der Waals surface area contributed by atoms with Crippen LogP contribution >= 0.6 is 15.9 Å². The number of hydrogen-bond donors (Lipinski definition) is 1. The lowest BCUT2D eigenvalue weighted by atomic mass is 9.90. The summed E-state index contributed by atoms with van der Waals surface area (Å²) in [5.74, 6) is 0.553. The van der Waals surface area contributed by atoms with Crippen molar-refractivity contribution in [2.45, 2.75) is 38.6 Å². The van der Waals surface area contributed by atoms with Crippen LogP contribution < -0.4 is 10.5 Å². The van der Waals surface area contributed by atoms with Crippen molar-refractivity contribution in [3.8, 4) is 5.75 Å². The van der Waals surface area contributed by atoms with Crippen LogP contribution in [-0.4, -0.2) is 6.61 Å². The molecule has 0 aromatic heterocycles. The first-order valence-corrected chi connectivity index (χ1v) is 7.31. The molecule has 1 saturated carbocycles. The number of nitrogens with two attached hydrogens (primary N) is 1. The molecule has 0 atom stereocenters. The molecule has 4 heteroatoms. The molecule has 0 unspecified atom stereocenters. The van der Waals surface area contributed by atoms with Crippen LogP contribution in [0.1, 0.15) is 37.7 Å². The lowest BCUT2D eigenvalue weighted by molar-refractivity contribution is 0.201. The highest BCUT2D eigenvalue weighted by molar-refractivity contribution is 9.10. The first-order valence-electron chi connectivity index (χ1n) is 6.51. The van der Waals surface area contributed by atoms with E-state index in [-0.39, 0.29) is 5.82 Å². The Kier molecular flexibility index (Phi) is 5.01. The van der Waals surface area contributed by atoms with E-state index in [9.17, 15) is 4.39 Å². The maximum Gasteiger partial charge on any atom is 0.169 e. The monoisotopic (exact) mass is 315 g/mol. The minimum atomic E-state index is -0.333. The summed E-state index contributed by atoms with van der Waals surface area (Å²) in [5, 5.41) is 0. The van der Waals surface area contributed by atoms with E-state index in [1.165, 1.54) is 38.2 Å². The molecule has 1 aliphatic carbocycles. The lowest BCUT2D eigenvalue weighted by Crippen LogP contribution is -2.16. The molecule has 2 N–H and O–H groups in total. The van der Waals surface area contributed by atoms with Crippen molar-refractivity contribution in [1.29, 1.82) is 0 Å². The van der Waals surface area contributed by atoms with Gasteiger partial charge in [0.05, 0.1) is 11.1 Å². The van der Waals surface area contributed by atoms with Gasteiger partial charge in [-0.05, 0) is 52.4 Å². The van der Waals surface area contributed by atoms with Crippen molar-refractivity contribution in [2.24, 2.45) is 11.7 Å². The van der Waals surface area contributed by atoms with Crippen LogP contribution in [0, 0.1) is 11.7 Å². The minimum absolute atomic E-state index is 0.317. The smallest absolute Gasteiger partial charge is 0.169 e. The molecule has 0 aliphatic heterocycles. The fourth-order valence-electron chi connectivity index (χ4n) is 2.42. The van der Waals surface area contributed by atoms with Gasteiger partial charge in [-0.3, -0.25) is 0 Å². The molecule has 0 saturated heterocycles. The van der Waals surface area contributed by atoms with Gasteiger partial charge in [-0.25, -0.2) is 4.39 Å². The fraction of sp³-hybridized carbons (Fsp3) is 0.571. The normalized spacial score (nSPS) is 16.8.